The highest BCUT2D eigenvalue weighted by Gasteiger charge is 2.33. The number of fused-ring (bicyclic) bond motifs is 3. The van der Waals surface area contributed by atoms with Crippen molar-refractivity contribution >= 4 is 22.4 Å². The minimum Gasteiger partial charge on any atom is -0.390 e. The molecule has 0 saturated carbocycles. The Balaban J connectivity index is 2.29. The number of alkyl halides is 1. The van der Waals surface area contributed by atoms with Crippen LogP contribution < -0.4 is 5.73 Å². The number of aliphatic hydroxyl groups is 1. The second-order valence-electron chi connectivity index (χ2n) is 4.62. The Kier molecular flexibility index (Phi) is 2.58. The Morgan fingerprint density at radius 3 is 2.76 bits per heavy atom. The fraction of sp³-hybridized carbons (Fsp3) is 0.286. The summed E-state index contributed by atoms with van der Waals surface area (Å²) in [5, 5.41) is 11.9. The summed E-state index contributed by atoms with van der Waals surface area (Å²) in [6.07, 6.45) is 0.0138. The van der Waals surface area contributed by atoms with Crippen molar-refractivity contribution in [3.63, 3.8) is 0 Å². The molecule has 3 heteroatoms. The van der Waals surface area contributed by atoms with Gasteiger partial charge in [0.25, 0.3) is 0 Å². The van der Waals surface area contributed by atoms with Gasteiger partial charge in [0.15, 0.2) is 0 Å². The summed E-state index contributed by atoms with van der Waals surface area (Å²) < 4.78 is 0. The number of benzene rings is 2. The van der Waals surface area contributed by atoms with E-state index < -0.39 is 11.5 Å². The smallest absolute Gasteiger partial charge is 0.0899 e. The van der Waals surface area contributed by atoms with E-state index in [9.17, 15) is 5.11 Å². The molecule has 0 radical (unpaired) electrons. The van der Waals surface area contributed by atoms with Crippen molar-refractivity contribution in [3.05, 3.63) is 47.5 Å². The van der Waals surface area contributed by atoms with E-state index >= 15 is 0 Å². The van der Waals surface area contributed by atoms with Gasteiger partial charge in [-0.15, -0.1) is 11.6 Å². The fourth-order valence-electron chi connectivity index (χ4n) is 2.61. The molecule has 3 unspecified atom stereocenters. The zero-order chi connectivity index (χ0) is 12.0. The van der Waals surface area contributed by atoms with Gasteiger partial charge in [-0.05, 0) is 28.3 Å². The largest absolute Gasteiger partial charge is 0.390 e. The van der Waals surface area contributed by atoms with Crippen molar-refractivity contribution in [3.8, 4) is 0 Å². The molecule has 0 aliphatic heterocycles. The van der Waals surface area contributed by atoms with E-state index in [0.29, 0.717) is 6.42 Å². The number of hydrogen-bond acceptors (Lipinski definition) is 2. The first-order valence-electron chi connectivity index (χ1n) is 5.76. The monoisotopic (exact) mass is 247 g/mol. The minimum atomic E-state index is -0.671. The molecular formula is C14H14ClNO. The lowest BCUT2D eigenvalue weighted by Crippen LogP contribution is -2.42. The van der Waals surface area contributed by atoms with Crippen LogP contribution in [-0.4, -0.2) is 17.3 Å². The normalized spacial score (nSPS) is 28.1. The Hall–Kier alpha value is -1.09. The molecule has 88 valence electrons. The van der Waals surface area contributed by atoms with Gasteiger partial charge in [-0.2, -0.15) is 0 Å². The van der Waals surface area contributed by atoms with Gasteiger partial charge in [0, 0.05) is 6.04 Å². The predicted octanol–water partition coefficient (Wildman–Crippen LogP) is 2.36. The molecule has 2 aromatic rings. The molecule has 2 nitrogen and oxygen atoms in total. The molecule has 1 aliphatic rings. The average Bonchev–Trinajstić information content (AvgIpc) is 2.35. The third kappa shape index (κ3) is 1.64. The summed E-state index contributed by atoms with van der Waals surface area (Å²) >= 11 is 6.34. The zero-order valence-corrected chi connectivity index (χ0v) is 10.1. The molecule has 1 aliphatic carbocycles. The summed E-state index contributed by atoms with van der Waals surface area (Å²) in [5.74, 6) is 0. The molecule has 0 heterocycles. The van der Waals surface area contributed by atoms with Crippen molar-refractivity contribution in [2.45, 2.75) is 23.9 Å². The summed E-state index contributed by atoms with van der Waals surface area (Å²) in [6.45, 7) is 0. The quantitative estimate of drug-likeness (QED) is 0.702. The van der Waals surface area contributed by atoms with E-state index in [-0.39, 0.29) is 6.04 Å². The van der Waals surface area contributed by atoms with Gasteiger partial charge in [-0.25, -0.2) is 0 Å². The maximum Gasteiger partial charge on any atom is 0.0899 e. The SMILES string of the molecule is NC1Cc2ccc3ccccc3c2C(Cl)C1O. The minimum absolute atomic E-state index is 0.272. The van der Waals surface area contributed by atoms with E-state index in [1.807, 2.05) is 18.2 Å². The second kappa shape index (κ2) is 3.98. The van der Waals surface area contributed by atoms with Gasteiger partial charge in [-0.3, -0.25) is 0 Å². The van der Waals surface area contributed by atoms with Crippen molar-refractivity contribution in [2.75, 3.05) is 0 Å². The molecule has 3 rings (SSSR count). The number of nitrogens with two attached hydrogens (primary N) is 1. The van der Waals surface area contributed by atoms with Gasteiger partial charge in [0.2, 0.25) is 0 Å². The third-order valence-electron chi connectivity index (χ3n) is 3.53. The first kappa shape index (κ1) is 11.0. The van der Waals surface area contributed by atoms with E-state index in [4.69, 9.17) is 17.3 Å². The van der Waals surface area contributed by atoms with Crippen molar-refractivity contribution < 1.29 is 5.11 Å². The second-order valence-corrected chi connectivity index (χ2v) is 5.09. The summed E-state index contributed by atoms with van der Waals surface area (Å²) in [6, 6.07) is 12.0. The van der Waals surface area contributed by atoms with Crippen molar-refractivity contribution in [2.24, 2.45) is 5.73 Å². The van der Waals surface area contributed by atoms with Crippen LogP contribution in [0, 0.1) is 0 Å². The molecule has 3 N–H and O–H groups in total. The molecule has 17 heavy (non-hydrogen) atoms. The highest BCUT2D eigenvalue weighted by atomic mass is 35.5. The first-order chi connectivity index (χ1) is 8.18. The van der Waals surface area contributed by atoms with Crippen LogP contribution in [0.5, 0.6) is 0 Å². The number of aliphatic hydroxyl groups excluding tert-OH is 1. The Labute approximate surface area is 105 Å². The van der Waals surface area contributed by atoms with Crippen LogP contribution in [0.4, 0.5) is 0 Å². The molecule has 2 aromatic carbocycles. The highest BCUT2D eigenvalue weighted by Crippen LogP contribution is 2.38. The molecule has 0 bridgehead atoms. The molecule has 0 spiro atoms. The molecule has 0 aromatic heterocycles. The van der Waals surface area contributed by atoms with Crippen LogP contribution in [0.1, 0.15) is 16.5 Å². The Bertz CT molecular complexity index is 569. The Morgan fingerprint density at radius 2 is 1.94 bits per heavy atom. The van der Waals surface area contributed by atoms with Crippen molar-refractivity contribution in [1.29, 1.82) is 0 Å². The highest BCUT2D eigenvalue weighted by molar-refractivity contribution is 6.22. The Morgan fingerprint density at radius 1 is 1.18 bits per heavy atom. The maximum atomic E-state index is 10.00. The lowest BCUT2D eigenvalue weighted by Gasteiger charge is -2.32. The first-order valence-corrected chi connectivity index (χ1v) is 6.20. The number of halogens is 1. The lowest BCUT2D eigenvalue weighted by molar-refractivity contribution is 0.132. The third-order valence-corrected chi connectivity index (χ3v) is 4.01. The van der Waals surface area contributed by atoms with Crippen LogP contribution in [-0.2, 0) is 6.42 Å². The van der Waals surface area contributed by atoms with Crippen LogP contribution >= 0.6 is 11.6 Å². The van der Waals surface area contributed by atoms with Gasteiger partial charge >= 0.3 is 0 Å². The summed E-state index contributed by atoms with van der Waals surface area (Å²) in [4.78, 5) is 0. The van der Waals surface area contributed by atoms with E-state index in [0.717, 1.165) is 21.9 Å². The van der Waals surface area contributed by atoms with Crippen LogP contribution in [0.2, 0.25) is 0 Å². The number of hydrogen-bond donors (Lipinski definition) is 2. The predicted molar refractivity (Wildman–Crippen MR) is 70.2 cm³/mol. The van der Waals surface area contributed by atoms with Crippen LogP contribution in [0.25, 0.3) is 10.8 Å². The van der Waals surface area contributed by atoms with Gasteiger partial charge < -0.3 is 10.8 Å². The molecule has 0 fully saturated rings. The molecule has 3 atom stereocenters. The van der Waals surface area contributed by atoms with Gasteiger partial charge in [0.1, 0.15) is 0 Å². The zero-order valence-electron chi connectivity index (χ0n) is 9.31. The summed E-state index contributed by atoms with van der Waals surface area (Å²) in [7, 11) is 0. The lowest BCUT2D eigenvalue weighted by atomic mass is 9.83. The van der Waals surface area contributed by atoms with Crippen LogP contribution in [0.3, 0.4) is 0 Å². The maximum absolute atomic E-state index is 10.00. The van der Waals surface area contributed by atoms with Gasteiger partial charge in [0.05, 0.1) is 11.5 Å². The fourth-order valence-corrected chi connectivity index (χ4v) is 3.05. The van der Waals surface area contributed by atoms with E-state index in [1.54, 1.807) is 0 Å². The number of rotatable bonds is 0. The van der Waals surface area contributed by atoms with Gasteiger partial charge in [-0.1, -0.05) is 36.4 Å². The van der Waals surface area contributed by atoms with E-state index in [2.05, 4.69) is 18.2 Å². The summed E-state index contributed by atoms with van der Waals surface area (Å²) in [5.41, 5.74) is 8.09. The van der Waals surface area contributed by atoms with E-state index in [1.165, 1.54) is 0 Å². The topological polar surface area (TPSA) is 46.2 Å². The van der Waals surface area contributed by atoms with Crippen molar-refractivity contribution in [1.82, 2.24) is 0 Å². The molecule has 0 amide bonds. The molecular weight excluding hydrogens is 234 g/mol. The van der Waals surface area contributed by atoms with Crippen LogP contribution in [0.15, 0.2) is 36.4 Å². The standard InChI is InChI=1S/C14H14ClNO/c15-13-12-9(7-11(16)14(13)17)6-5-8-3-1-2-4-10(8)12/h1-6,11,13-14,17H,7,16H2. The average molecular weight is 248 g/mol. The molecule has 0 saturated heterocycles.